The Bertz CT molecular complexity index is 1110. The zero-order valence-corrected chi connectivity index (χ0v) is 14.9. The third-order valence-corrected chi connectivity index (χ3v) is 5.43. The number of aromatic nitrogens is 1. The molecule has 134 valence electrons. The third kappa shape index (κ3) is 3.60. The fourth-order valence-corrected chi connectivity index (χ4v) is 4.19. The predicted molar refractivity (Wildman–Crippen MR) is 96.0 cm³/mol. The van der Waals surface area contributed by atoms with Crippen molar-refractivity contribution in [3.63, 3.8) is 0 Å². The van der Waals surface area contributed by atoms with Crippen LogP contribution in [0.3, 0.4) is 0 Å². The first-order chi connectivity index (χ1) is 12.4. The van der Waals surface area contributed by atoms with Crippen LogP contribution < -0.4 is 4.80 Å². The van der Waals surface area contributed by atoms with Crippen molar-refractivity contribution >= 4 is 49.9 Å². The summed E-state index contributed by atoms with van der Waals surface area (Å²) in [5, 5.41) is 10.6. The highest BCUT2D eigenvalue weighted by molar-refractivity contribution is 7.16. The van der Waals surface area contributed by atoms with E-state index >= 15 is 0 Å². The summed E-state index contributed by atoms with van der Waals surface area (Å²) in [6.07, 6.45) is 2.60. The number of thiophene rings is 1. The number of nitrogens with zero attached hydrogens (tertiary/aromatic N) is 3. The van der Waals surface area contributed by atoms with Crippen molar-refractivity contribution in [3.05, 3.63) is 61.8 Å². The fraction of sp³-hybridized carbons (Fsp3) is 0.125. The summed E-state index contributed by atoms with van der Waals surface area (Å²) < 4.78 is 29.3. The topological polar surface area (TPSA) is 77.5 Å². The minimum absolute atomic E-state index is 0.0279. The van der Waals surface area contributed by atoms with Gasteiger partial charge in [0.05, 0.1) is 15.1 Å². The molecular formula is C16H11F2N3O3S2. The Kier molecular flexibility index (Phi) is 5.05. The van der Waals surface area contributed by atoms with Crippen molar-refractivity contribution in [1.29, 1.82) is 0 Å². The van der Waals surface area contributed by atoms with Crippen molar-refractivity contribution in [3.8, 4) is 0 Å². The maximum atomic E-state index is 14.0. The maximum absolute atomic E-state index is 14.0. The zero-order chi connectivity index (χ0) is 18.8. The quantitative estimate of drug-likeness (QED) is 0.379. The van der Waals surface area contributed by atoms with E-state index in [4.69, 9.17) is 0 Å². The highest BCUT2D eigenvalue weighted by Gasteiger charge is 2.12. The number of carbonyl (C=O) groups excluding carboxylic acids is 1. The van der Waals surface area contributed by atoms with Gasteiger partial charge in [0, 0.05) is 29.6 Å². The van der Waals surface area contributed by atoms with Crippen LogP contribution in [0.1, 0.15) is 11.8 Å². The van der Waals surface area contributed by atoms with Crippen LogP contribution in [0, 0.1) is 21.7 Å². The predicted octanol–water partition coefficient (Wildman–Crippen LogP) is 4.11. The number of aryl methyl sites for hydroxylation is 1. The molecule has 6 nitrogen and oxygen atoms in total. The van der Waals surface area contributed by atoms with Gasteiger partial charge in [-0.1, -0.05) is 22.7 Å². The Morgan fingerprint density at radius 1 is 1.35 bits per heavy atom. The Balaban J connectivity index is 1.95. The SMILES string of the molecule is CCn1c(=NC(=O)C=Cc2ccc([N+](=O)[O-])s2)sc2cc(F)cc(F)c21. The summed E-state index contributed by atoms with van der Waals surface area (Å²) in [6.45, 7) is 2.12. The number of carbonyl (C=O) groups is 1. The lowest BCUT2D eigenvalue weighted by atomic mass is 10.3. The monoisotopic (exact) mass is 395 g/mol. The van der Waals surface area contributed by atoms with Crippen molar-refractivity contribution in [1.82, 2.24) is 4.57 Å². The minimum Gasteiger partial charge on any atom is -0.314 e. The standard InChI is InChI=1S/C16H11F2N3O3S2/c1-2-20-15-11(18)7-9(17)8-12(15)26-16(20)19-13(22)5-3-10-4-6-14(25-10)21(23)24/h3-8H,2H2,1H3. The lowest BCUT2D eigenvalue weighted by Gasteiger charge is -2.01. The first-order valence-corrected chi connectivity index (χ1v) is 9.01. The lowest BCUT2D eigenvalue weighted by Crippen LogP contribution is -2.15. The summed E-state index contributed by atoms with van der Waals surface area (Å²) in [5.74, 6) is -2.01. The minimum atomic E-state index is -0.714. The van der Waals surface area contributed by atoms with Gasteiger partial charge in [-0.3, -0.25) is 14.9 Å². The molecular weight excluding hydrogens is 384 g/mol. The molecule has 0 saturated heterocycles. The number of benzene rings is 1. The van der Waals surface area contributed by atoms with Crippen molar-refractivity contribution in [2.75, 3.05) is 0 Å². The molecule has 0 unspecified atom stereocenters. The molecule has 2 aromatic heterocycles. The summed E-state index contributed by atoms with van der Waals surface area (Å²) >= 11 is 1.94. The van der Waals surface area contributed by atoms with E-state index in [9.17, 15) is 23.7 Å². The molecule has 0 aliphatic heterocycles. The van der Waals surface area contributed by atoms with E-state index in [0.29, 0.717) is 16.1 Å². The van der Waals surface area contributed by atoms with Gasteiger partial charge in [0.2, 0.25) is 0 Å². The Hall–Kier alpha value is -2.72. The average molecular weight is 395 g/mol. The normalized spacial score (nSPS) is 12.3. The van der Waals surface area contributed by atoms with Gasteiger partial charge in [-0.05, 0) is 25.1 Å². The largest absolute Gasteiger partial charge is 0.324 e. The van der Waals surface area contributed by atoms with Gasteiger partial charge in [-0.2, -0.15) is 4.99 Å². The smallest absolute Gasteiger partial charge is 0.314 e. The van der Waals surface area contributed by atoms with Gasteiger partial charge >= 0.3 is 5.00 Å². The number of nitro groups is 1. The van der Waals surface area contributed by atoms with Crippen LogP contribution >= 0.6 is 22.7 Å². The van der Waals surface area contributed by atoms with Crippen LogP contribution in [0.2, 0.25) is 0 Å². The second-order valence-corrected chi connectivity index (χ2v) is 7.18. The molecule has 3 aromatic rings. The summed E-state index contributed by atoms with van der Waals surface area (Å²) in [7, 11) is 0. The highest BCUT2D eigenvalue weighted by Crippen LogP contribution is 2.25. The molecule has 3 rings (SSSR count). The van der Waals surface area contributed by atoms with Gasteiger partial charge in [-0.15, -0.1) is 0 Å². The van der Waals surface area contributed by atoms with Crippen LogP contribution in [0.4, 0.5) is 13.8 Å². The van der Waals surface area contributed by atoms with Crippen molar-refractivity contribution < 1.29 is 18.5 Å². The van der Waals surface area contributed by atoms with Crippen LogP contribution in [-0.2, 0) is 11.3 Å². The second-order valence-electron chi connectivity index (χ2n) is 5.08. The number of thiazole rings is 1. The van der Waals surface area contributed by atoms with Crippen molar-refractivity contribution in [2.45, 2.75) is 13.5 Å². The maximum Gasteiger partial charge on any atom is 0.324 e. The highest BCUT2D eigenvalue weighted by atomic mass is 32.1. The zero-order valence-electron chi connectivity index (χ0n) is 13.3. The van der Waals surface area contributed by atoms with Gasteiger partial charge in [0.1, 0.15) is 5.82 Å². The van der Waals surface area contributed by atoms with E-state index in [1.165, 1.54) is 34.9 Å². The van der Waals surface area contributed by atoms with Gasteiger partial charge in [-0.25, -0.2) is 8.78 Å². The van der Waals surface area contributed by atoms with E-state index in [1.54, 1.807) is 6.92 Å². The van der Waals surface area contributed by atoms with Gasteiger partial charge in [0.15, 0.2) is 10.6 Å². The molecule has 0 bridgehead atoms. The Labute approximate surface area is 153 Å². The Morgan fingerprint density at radius 3 is 2.77 bits per heavy atom. The fourth-order valence-electron chi connectivity index (χ4n) is 2.32. The molecule has 0 N–H and O–H groups in total. The molecule has 2 heterocycles. The van der Waals surface area contributed by atoms with Crippen molar-refractivity contribution in [2.24, 2.45) is 4.99 Å². The lowest BCUT2D eigenvalue weighted by molar-refractivity contribution is -0.380. The van der Waals surface area contributed by atoms with Crippen LogP contribution in [0.25, 0.3) is 16.3 Å². The summed E-state index contributed by atoms with van der Waals surface area (Å²) in [4.78, 5) is 26.9. The first kappa shape index (κ1) is 18.1. The van der Waals surface area contributed by atoms with Gasteiger partial charge in [0.25, 0.3) is 5.91 Å². The second kappa shape index (κ2) is 7.26. The molecule has 1 aromatic carbocycles. The van der Waals surface area contributed by atoms with E-state index in [-0.39, 0.29) is 15.3 Å². The number of hydrogen-bond acceptors (Lipinski definition) is 5. The summed E-state index contributed by atoms with van der Waals surface area (Å²) in [5.41, 5.74) is 0.198. The van der Waals surface area contributed by atoms with Gasteiger partial charge < -0.3 is 4.57 Å². The van der Waals surface area contributed by atoms with Crippen LogP contribution in [-0.4, -0.2) is 15.4 Å². The van der Waals surface area contributed by atoms with E-state index in [2.05, 4.69) is 4.99 Å². The number of hydrogen-bond donors (Lipinski definition) is 0. The van der Waals surface area contributed by atoms with E-state index in [0.717, 1.165) is 28.7 Å². The van der Waals surface area contributed by atoms with E-state index in [1.807, 2.05) is 0 Å². The number of amides is 1. The van der Waals surface area contributed by atoms with Crippen LogP contribution in [0.5, 0.6) is 0 Å². The average Bonchev–Trinajstić information content (AvgIpc) is 3.17. The molecule has 0 saturated carbocycles. The molecule has 0 radical (unpaired) electrons. The molecule has 26 heavy (non-hydrogen) atoms. The molecule has 0 aliphatic carbocycles. The summed E-state index contributed by atoms with van der Waals surface area (Å²) in [6, 6.07) is 4.85. The molecule has 0 fully saturated rings. The Morgan fingerprint density at radius 2 is 2.12 bits per heavy atom. The number of halogens is 2. The molecule has 1 amide bonds. The molecule has 0 spiro atoms. The first-order valence-electron chi connectivity index (χ1n) is 7.38. The molecule has 10 heteroatoms. The molecule has 0 atom stereocenters. The van der Waals surface area contributed by atoms with Crippen LogP contribution in [0.15, 0.2) is 35.3 Å². The third-order valence-electron chi connectivity index (χ3n) is 3.40. The van der Waals surface area contributed by atoms with E-state index < -0.39 is 22.5 Å². The number of rotatable bonds is 4. The molecule has 0 aliphatic rings. The number of fused-ring (bicyclic) bond motifs is 1.